The van der Waals surface area contributed by atoms with Crippen LogP contribution in [-0.2, 0) is 11.2 Å². The van der Waals surface area contributed by atoms with E-state index in [-0.39, 0.29) is 11.9 Å². The molecule has 0 aliphatic heterocycles. The van der Waals surface area contributed by atoms with Crippen molar-refractivity contribution in [2.45, 2.75) is 38.1 Å². The fourth-order valence-corrected chi connectivity index (χ4v) is 1.84. The van der Waals surface area contributed by atoms with E-state index in [1.165, 1.54) is 5.56 Å². The Bertz CT molecular complexity index is 324. The zero-order valence-electron chi connectivity index (χ0n) is 10.5. The molecule has 1 atom stereocenters. The lowest BCUT2D eigenvalue weighted by Crippen LogP contribution is -2.23. The van der Waals surface area contributed by atoms with Gasteiger partial charge in [0.25, 0.3) is 0 Å². The fraction of sp³-hybridized carbons (Fsp3) is 0.500. The van der Waals surface area contributed by atoms with Gasteiger partial charge in [-0.1, -0.05) is 36.8 Å². The van der Waals surface area contributed by atoms with Crippen LogP contribution in [0.25, 0.3) is 0 Å². The van der Waals surface area contributed by atoms with E-state index in [0.717, 1.165) is 25.7 Å². The lowest BCUT2D eigenvalue weighted by atomic mass is 10.0. The Morgan fingerprint density at radius 1 is 1.29 bits per heavy atom. The molecule has 3 N–H and O–H groups in total. The number of hydrogen-bond acceptors (Lipinski definition) is 2. The molecule has 1 aromatic carbocycles. The van der Waals surface area contributed by atoms with Crippen LogP contribution in [0.5, 0.6) is 0 Å². The number of nitrogens with two attached hydrogens (primary N) is 1. The second kappa shape index (κ2) is 7.85. The monoisotopic (exact) mass is 234 g/mol. The van der Waals surface area contributed by atoms with Crippen LogP contribution in [0.15, 0.2) is 30.3 Å². The van der Waals surface area contributed by atoms with Gasteiger partial charge < -0.3 is 11.1 Å². The number of nitrogens with one attached hydrogen (secondary N) is 1. The summed E-state index contributed by atoms with van der Waals surface area (Å²) in [6.45, 7) is 0. The van der Waals surface area contributed by atoms with E-state index < -0.39 is 0 Å². The molecule has 0 bridgehead atoms. The normalized spacial score (nSPS) is 12.1. The first-order valence-corrected chi connectivity index (χ1v) is 6.22. The summed E-state index contributed by atoms with van der Waals surface area (Å²) in [4.78, 5) is 11.0. The van der Waals surface area contributed by atoms with Crippen LogP contribution < -0.4 is 11.1 Å². The second-order valence-electron chi connectivity index (χ2n) is 4.37. The van der Waals surface area contributed by atoms with E-state index >= 15 is 0 Å². The highest BCUT2D eigenvalue weighted by atomic mass is 16.1. The SMILES string of the molecule is CNC(=O)CCCCC(N)Cc1ccccc1. The molecule has 0 spiro atoms. The number of unbranched alkanes of at least 4 members (excludes halogenated alkanes) is 1. The molecule has 0 aromatic heterocycles. The highest BCUT2D eigenvalue weighted by molar-refractivity contribution is 5.75. The lowest BCUT2D eigenvalue weighted by Gasteiger charge is -2.11. The van der Waals surface area contributed by atoms with Gasteiger partial charge in [0.2, 0.25) is 5.91 Å². The van der Waals surface area contributed by atoms with Crippen LogP contribution in [0.1, 0.15) is 31.2 Å². The van der Waals surface area contributed by atoms with E-state index in [4.69, 9.17) is 5.73 Å². The molecule has 1 rings (SSSR count). The van der Waals surface area contributed by atoms with Crippen molar-refractivity contribution in [3.05, 3.63) is 35.9 Å². The quantitative estimate of drug-likeness (QED) is 0.708. The minimum absolute atomic E-state index is 0.113. The van der Waals surface area contributed by atoms with Crippen molar-refractivity contribution in [1.29, 1.82) is 0 Å². The van der Waals surface area contributed by atoms with Gasteiger partial charge in [-0.2, -0.15) is 0 Å². The standard InChI is InChI=1S/C14H22N2O/c1-16-14(17)10-6-5-9-13(15)11-12-7-3-2-4-8-12/h2-4,7-8,13H,5-6,9-11,15H2,1H3,(H,16,17). The largest absolute Gasteiger partial charge is 0.359 e. The molecule has 0 heterocycles. The molecular weight excluding hydrogens is 212 g/mol. The molecule has 0 fully saturated rings. The summed E-state index contributed by atoms with van der Waals surface area (Å²) < 4.78 is 0. The van der Waals surface area contributed by atoms with Crippen LogP contribution >= 0.6 is 0 Å². The zero-order chi connectivity index (χ0) is 12.5. The maximum atomic E-state index is 11.0. The second-order valence-corrected chi connectivity index (χ2v) is 4.37. The summed E-state index contributed by atoms with van der Waals surface area (Å²) in [7, 11) is 1.67. The smallest absolute Gasteiger partial charge is 0.219 e. The molecule has 1 unspecified atom stereocenters. The van der Waals surface area contributed by atoms with Crippen LogP contribution in [0.3, 0.4) is 0 Å². The van der Waals surface area contributed by atoms with E-state index in [9.17, 15) is 4.79 Å². The third kappa shape index (κ3) is 6.07. The van der Waals surface area contributed by atoms with E-state index in [1.807, 2.05) is 18.2 Å². The zero-order valence-corrected chi connectivity index (χ0v) is 10.5. The van der Waals surface area contributed by atoms with E-state index in [2.05, 4.69) is 17.4 Å². The Balaban J connectivity index is 2.13. The number of carbonyl (C=O) groups excluding carboxylic acids is 1. The van der Waals surface area contributed by atoms with Crippen LogP contribution in [0, 0.1) is 0 Å². The molecule has 1 aromatic rings. The number of hydrogen-bond donors (Lipinski definition) is 2. The molecule has 17 heavy (non-hydrogen) atoms. The van der Waals surface area contributed by atoms with Crippen LogP contribution in [0.4, 0.5) is 0 Å². The predicted molar refractivity (Wildman–Crippen MR) is 70.7 cm³/mol. The topological polar surface area (TPSA) is 55.1 Å². The van der Waals surface area contributed by atoms with Crippen molar-refractivity contribution in [3.8, 4) is 0 Å². The molecular formula is C14H22N2O. The number of carbonyl (C=O) groups is 1. The fourth-order valence-electron chi connectivity index (χ4n) is 1.84. The molecule has 1 amide bonds. The average molecular weight is 234 g/mol. The summed E-state index contributed by atoms with van der Waals surface area (Å²) in [6.07, 6.45) is 4.44. The number of benzene rings is 1. The maximum Gasteiger partial charge on any atom is 0.219 e. The lowest BCUT2D eigenvalue weighted by molar-refractivity contribution is -0.120. The Kier molecular flexibility index (Phi) is 6.33. The Morgan fingerprint density at radius 2 is 2.00 bits per heavy atom. The van der Waals surface area contributed by atoms with Gasteiger partial charge in [-0.3, -0.25) is 4.79 Å². The molecule has 94 valence electrons. The molecule has 0 aliphatic carbocycles. The first-order valence-electron chi connectivity index (χ1n) is 6.22. The van der Waals surface area contributed by atoms with Crippen molar-refractivity contribution in [3.63, 3.8) is 0 Å². The highest BCUT2D eigenvalue weighted by Crippen LogP contribution is 2.08. The summed E-state index contributed by atoms with van der Waals surface area (Å²) in [6, 6.07) is 10.5. The van der Waals surface area contributed by atoms with Gasteiger partial charge in [-0.05, 0) is 24.8 Å². The highest BCUT2D eigenvalue weighted by Gasteiger charge is 2.04. The van der Waals surface area contributed by atoms with Crippen LogP contribution in [0.2, 0.25) is 0 Å². The third-order valence-corrected chi connectivity index (χ3v) is 2.85. The van der Waals surface area contributed by atoms with Crippen LogP contribution in [-0.4, -0.2) is 19.0 Å². The predicted octanol–water partition coefficient (Wildman–Crippen LogP) is 1.86. The first-order chi connectivity index (χ1) is 8.22. The first kappa shape index (κ1) is 13.7. The number of rotatable bonds is 7. The maximum absolute atomic E-state index is 11.0. The number of amides is 1. The van der Waals surface area contributed by atoms with Crippen molar-refractivity contribution >= 4 is 5.91 Å². The van der Waals surface area contributed by atoms with Crippen molar-refractivity contribution in [2.24, 2.45) is 5.73 Å². The van der Waals surface area contributed by atoms with Crippen molar-refractivity contribution in [1.82, 2.24) is 5.32 Å². The van der Waals surface area contributed by atoms with E-state index in [0.29, 0.717) is 6.42 Å². The summed E-state index contributed by atoms with van der Waals surface area (Å²) >= 11 is 0. The molecule has 0 saturated carbocycles. The molecule has 0 aliphatic rings. The molecule has 0 saturated heterocycles. The average Bonchev–Trinajstić information content (AvgIpc) is 2.35. The molecule has 3 nitrogen and oxygen atoms in total. The summed E-state index contributed by atoms with van der Waals surface area (Å²) in [5, 5.41) is 2.62. The van der Waals surface area contributed by atoms with Gasteiger partial charge >= 0.3 is 0 Å². The Morgan fingerprint density at radius 3 is 2.65 bits per heavy atom. The van der Waals surface area contributed by atoms with Gasteiger partial charge in [-0.15, -0.1) is 0 Å². The molecule has 3 heteroatoms. The minimum Gasteiger partial charge on any atom is -0.359 e. The molecule has 0 radical (unpaired) electrons. The van der Waals surface area contributed by atoms with Gasteiger partial charge in [0, 0.05) is 19.5 Å². The van der Waals surface area contributed by atoms with E-state index in [1.54, 1.807) is 7.05 Å². The van der Waals surface area contributed by atoms with Gasteiger partial charge in [0.1, 0.15) is 0 Å². The van der Waals surface area contributed by atoms with Gasteiger partial charge in [0.05, 0.1) is 0 Å². The van der Waals surface area contributed by atoms with Crippen molar-refractivity contribution in [2.75, 3.05) is 7.05 Å². The summed E-state index contributed by atoms with van der Waals surface area (Å²) in [5.41, 5.74) is 7.34. The Hall–Kier alpha value is -1.35. The van der Waals surface area contributed by atoms with Crippen molar-refractivity contribution < 1.29 is 4.79 Å². The van der Waals surface area contributed by atoms with Gasteiger partial charge in [-0.25, -0.2) is 0 Å². The van der Waals surface area contributed by atoms with Gasteiger partial charge in [0.15, 0.2) is 0 Å². The minimum atomic E-state index is 0.113. The summed E-state index contributed by atoms with van der Waals surface area (Å²) in [5.74, 6) is 0.113. The third-order valence-electron chi connectivity index (χ3n) is 2.85. The Labute approximate surface area is 103 Å².